The molecule has 1 aromatic heterocycles. The van der Waals surface area contributed by atoms with E-state index in [1.54, 1.807) is 12.1 Å². The third-order valence-corrected chi connectivity index (χ3v) is 7.81. The van der Waals surface area contributed by atoms with Crippen LogP contribution < -0.4 is 14.8 Å². The summed E-state index contributed by atoms with van der Waals surface area (Å²) in [6.45, 7) is 9.08. The van der Waals surface area contributed by atoms with Crippen LogP contribution in [0.1, 0.15) is 59.1 Å². The molecule has 36 heavy (non-hydrogen) atoms. The predicted octanol–water partition coefficient (Wildman–Crippen LogP) is 6.15. The van der Waals surface area contributed by atoms with Crippen LogP contribution in [-0.2, 0) is 26.9 Å². The molecule has 3 heterocycles. The van der Waals surface area contributed by atoms with E-state index in [4.69, 9.17) is 14.2 Å². The Hall–Kier alpha value is -3.06. The van der Waals surface area contributed by atoms with E-state index in [0.29, 0.717) is 17.4 Å². The zero-order valence-electron chi connectivity index (χ0n) is 21.2. The van der Waals surface area contributed by atoms with Crippen LogP contribution in [0.25, 0.3) is 10.9 Å². The third-order valence-electron chi connectivity index (χ3n) is 7.81. The van der Waals surface area contributed by atoms with Gasteiger partial charge in [-0.05, 0) is 55.5 Å². The van der Waals surface area contributed by atoms with Crippen LogP contribution in [0.5, 0.6) is 11.5 Å². The van der Waals surface area contributed by atoms with Crippen molar-refractivity contribution in [3.05, 3.63) is 53.5 Å². The number of amides is 1. The van der Waals surface area contributed by atoms with E-state index >= 15 is 4.39 Å². The van der Waals surface area contributed by atoms with E-state index in [9.17, 15) is 4.79 Å². The van der Waals surface area contributed by atoms with Crippen molar-refractivity contribution in [3.63, 3.8) is 0 Å². The van der Waals surface area contributed by atoms with Crippen molar-refractivity contribution in [1.82, 2.24) is 4.57 Å². The number of hydrogen-bond donors (Lipinski definition) is 1. The fourth-order valence-corrected chi connectivity index (χ4v) is 5.62. The Balaban J connectivity index is 0.00000280. The summed E-state index contributed by atoms with van der Waals surface area (Å²) in [6.07, 6.45) is 3.61. The second-order valence-electron chi connectivity index (χ2n) is 11.5. The van der Waals surface area contributed by atoms with Crippen LogP contribution in [0.15, 0.2) is 36.4 Å². The van der Waals surface area contributed by atoms with Gasteiger partial charge in [0, 0.05) is 43.1 Å². The molecule has 1 saturated carbocycles. The summed E-state index contributed by atoms with van der Waals surface area (Å²) in [5.41, 5.74) is 2.35. The predicted molar refractivity (Wildman–Crippen MR) is 138 cm³/mol. The largest absolute Gasteiger partial charge is 0.454 e. The minimum Gasteiger partial charge on any atom is -0.454 e. The maximum Gasteiger partial charge on any atom is 0.235 e. The van der Waals surface area contributed by atoms with Crippen LogP contribution in [0.3, 0.4) is 0 Å². The van der Waals surface area contributed by atoms with Gasteiger partial charge in [-0.3, -0.25) is 4.79 Å². The monoisotopic (exact) mass is 494 g/mol. The number of carbonyl (C=O) groups is 1. The molecule has 192 valence electrons. The average Bonchev–Trinajstić information content (AvgIpc) is 3.41. The number of carbonyl (C=O) groups excluding carboxylic acids is 1. The fourth-order valence-electron chi connectivity index (χ4n) is 5.62. The molecule has 6 nitrogen and oxygen atoms in total. The normalized spacial score (nSPS) is 20.5. The number of nitrogens with one attached hydrogen (secondary N) is 1. The maximum atomic E-state index is 15.4. The highest BCUT2D eigenvalue weighted by Gasteiger charge is 2.52. The number of fused-ring (bicyclic) bond motifs is 2. The van der Waals surface area contributed by atoms with E-state index in [2.05, 4.69) is 36.7 Å². The Labute approximate surface area is 212 Å². The van der Waals surface area contributed by atoms with E-state index in [0.717, 1.165) is 67.6 Å². The molecule has 1 saturated heterocycles. The maximum absolute atomic E-state index is 15.4. The molecule has 0 radical (unpaired) electrons. The molecule has 2 aliphatic heterocycles. The highest BCUT2D eigenvalue weighted by Crippen LogP contribution is 2.51. The molecule has 0 bridgehead atoms. The summed E-state index contributed by atoms with van der Waals surface area (Å²) in [5.74, 6) is 1.14. The molecule has 2 fully saturated rings. The molecule has 2 aromatic carbocycles. The second kappa shape index (κ2) is 8.51. The van der Waals surface area contributed by atoms with Gasteiger partial charge >= 0.3 is 0 Å². The van der Waals surface area contributed by atoms with Gasteiger partial charge in [-0.25, -0.2) is 4.39 Å². The molecule has 0 spiro atoms. The quantitative estimate of drug-likeness (QED) is 0.462. The Bertz CT molecular complexity index is 1340. The van der Waals surface area contributed by atoms with Crippen molar-refractivity contribution in [1.29, 1.82) is 0 Å². The zero-order valence-corrected chi connectivity index (χ0v) is 21.2. The van der Waals surface area contributed by atoms with Gasteiger partial charge in [-0.1, -0.05) is 26.8 Å². The van der Waals surface area contributed by atoms with Crippen molar-refractivity contribution < 1.29 is 24.8 Å². The van der Waals surface area contributed by atoms with Crippen molar-refractivity contribution in [3.8, 4) is 11.5 Å². The number of nitrogens with zero attached hydrogens (tertiary/aromatic N) is 1. The molecule has 1 amide bonds. The first kappa shape index (κ1) is 23.3. The summed E-state index contributed by atoms with van der Waals surface area (Å²) in [7, 11) is 0. The molecule has 1 aliphatic carbocycles. The van der Waals surface area contributed by atoms with Crippen LogP contribution in [0.4, 0.5) is 10.1 Å². The van der Waals surface area contributed by atoms with Crippen LogP contribution in [0, 0.1) is 11.7 Å². The van der Waals surface area contributed by atoms with Crippen molar-refractivity contribution >= 4 is 22.5 Å². The van der Waals surface area contributed by atoms with Crippen LogP contribution in [-0.4, -0.2) is 30.5 Å². The molecule has 3 aliphatic rings. The second-order valence-corrected chi connectivity index (χ2v) is 11.5. The average molecular weight is 495 g/mol. The zero-order chi connectivity index (χ0) is 25.1. The summed E-state index contributed by atoms with van der Waals surface area (Å²) >= 11 is 0. The highest BCUT2D eigenvalue weighted by molar-refractivity contribution is 6.02. The summed E-state index contributed by atoms with van der Waals surface area (Å²) < 4.78 is 34.3. The van der Waals surface area contributed by atoms with Crippen LogP contribution >= 0.6 is 0 Å². The van der Waals surface area contributed by atoms with Gasteiger partial charge in [0.05, 0.1) is 23.2 Å². The van der Waals surface area contributed by atoms with Gasteiger partial charge in [0.15, 0.2) is 11.5 Å². The van der Waals surface area contributed by atoms with E-state index < -0.39 is 11.2 Å². The van der Waals surface area contributed by atoms with Gasteiger partial charge in [-0.15, -0.1) is 0 Å². The Morgan fingerprint density at radius 1 is 1.17 bits per heavy atom. The minimum absolute atomic E-state index is 0. The first-order chi connectivity index (χ1) is 17.2. The highest BCUT2D eigenvalue weighted by atomic mass is 19.1. The summed E-state index contributed by atoms with van der Waals surface area (Å²) in [6, 6.07) is 11.1. The number of rotatable bonds is 5. The van der Waals surface area contributed by atoms with Gasteiger partial charge in [0.25, 0.3) is 0 Å². The lowest BCUT2D eigenvalue weighted by atomic mass is 9.91. The van der Waals surface area contributed by atoms with Crippen LogP contribution in [0.2, 0.25) is 0 Å². The van der Waals surface area contributed by atoms with E-state index in [1.807, 2.05) is 18.2 Å². The minimum atomic E-state index is -0.661. The Kier molecular flexibility index (Phi) is 5.52. The lowest BCUT2D eigenvalue weighted by Crippen LogP contribution is -2.28. The fraction of sp³-hybridized carbons (Fsp3) is 0.483. The summed E-state index contributed by atoms with van der Waals surface area (Å²) in [4.78, 5) is 13.4. The van der Waals surface area contributed by atoms with Gasteiger partial charge in [-0.2, -0.15) is 0 Å². The molecule has 3 aromatic rings. The smallest absolute Gasteiger partial charge is 0.235 e. The Morgan fingerprint density at radius 3 is 2.69 bits per heavy atom. The van der Waals surface area contributed by atoms with Crippen molar-refractivity contribution in [2.75, 3.05) is 25.3 Å². The Morgan fingerprint density at radius 2 is 1.97 bits per heavy atom. The molecule has 1 N–H and O–H groups in total. The number of ether oxygens (including phenoxy) is 3. The SMILES string of the molecule is CC(C)(C)c1cc2cc(NC(=O)C3(c4ccc5c(c4)OCO5)CC3)c(F)cc2n1CC1CCCOC1.[HH]. The molecular formula is C29H35FN2O4. The first-order valence-electron chi connectivity index (χ1n) is 12.9. The standard InChI is InChI=1S/C29H33FN2O4.H2/c1-28(2,3)26-12-19-11-22(21(30)14-23(19)32(26)15-18-5-4-10-34-16-18)31-27(33)29(8-9-29)20-6-7-24-25(13-20)36-17-35-24;/h6-7,11-14,18H,4-5,8-10,15-17H2,1-3H3,(H,31,33);1H. The molecular weight excluding hydrogens is 459 g/mol. The third kappa shape index (κ3) is 4.03. The first-order valence-corrected chi connectivity index (χ1v) is 12.9. The van der Waals surface area contributed by atoms with Crippen molar-refractivity contribution in [2.24, 2.45) is 5.92 Å². The summed E-state index contributed by atoms with van der Waals surface area (Å²) in [5, 5.41) is 3.84. The molecule has 1 unspecified atom stereocenters. The van der Waals surface area contributed by atoms with Crippen molar-refractivity contribution in [2.45, 2.75) is 63.8 Å². The number of aromatic nitrogens is 1. The topological polar surface area (TPSA) is 61.7 Å². The lowest BCUT2D eigenvalue weighted by molar-refractivity contribution is -0.118. The van der Waals surface area contributed by atoms with Gasteiger partial charge in [0.2, 0.25) is 12.7 Å². The molecule has 6 rings (SSSR count). The number of anilines is 1. The lowest BCUT2D eigenvalue weighted by Gasteiger charge is -2.27. The van der Waals surface area contributed by atoms with Gasteiger partial charge in [0.1, 0.15) is 5.82 Å². The molecule has 1 atom stereocenters. The van der Waals surface area contributed by atoms with E-state index in [-0.39, 0.29) is 25.2 Å². The number of hydrogen-bond acceptors (Lipinski definition) is 4. The van der Waals surface area contributed by atoms with E-state index in [1.165, 1.54) is 0 Å². The number of benzene rings is 2. The molecule has 7 heteroatoms. The number of halogens is 1. The van der Waals surface area contributed by atoms with Gasteiger partial charge < -0.3 is 24.1 Å².